The van der Waals surface area contributed by atoms with Crippen molar-refractivity contribution >= 4 is 17.5 Å². The average Bonchev–Trinajstić information content (AvgIpc) is 2.64. The summed E-state index contributed by atoms with van der Waals surface area (Å²) < 4.78 is 0. The molecular weight excluding hydrogens is 208 g/mol. The van der Waals surface area contributed by atoms with Crippen molar-refractivity contribution in [1.29, 1.82) is 0 Å². The van der Waals surface area contributed by atoms with E-state index in [1.807, 2.05) is 0 Å². The fraction of sp³-hybridized carbons (Fsp3) is 0.300. The summed E-state index contributed by atoms with van der Waals surface area (Å²) in [6.45, 7) is 0.465. The van der Waals surface area contributed by atoms with E-state index in [9.17, 15) is 9.59 Å². The first kappa shape index (κ1) is 10.4. The molecule has 0 saturated carbocycles. The summed E-state index contributed by atoms with van der Waals surface area (Å²) in [7, 11) is 0. The number of carbonyl (C=O) groups excluding carboxylic acids is 2. The van der Waals surface area contributed by atoms with Crippen LogP contribution in [0.2, 0.25) is 0 Å². The minimum atomic E-state index is -0.311. The molecule has 1 fully saturated rings. The van der Waals surface area contributed by atoms with E-state index in [1.54, 1.807) is 6.07 Å². The van der Waals surface area contributed by atoms with Crippen molar-refractivity contribution in [2.24, 2.45) is 0 Å². The molecule has 1 aromatic heterocycles. The number of rotatable bonds is 2. The first-order valence-electron chi connectivity index (χ1n) is 4.94. The molecule has 2 rings (SSSR count). The molecule has 4 N–H and O–H groups in total. The van der Waals surface area contributed by atoms with Crippen LogP contribution in [-0.2, 0) is 4.79 Å². The summed E-state index contributed by atoms with van der Waals surface area (Å²) in [5.74, 6) is -0.361. The molecule has 0 bridgehead atoms. The second-order valence-corrected chi connectivity index (χ2v) is 3.65. The summed E-state index contributed by atoms with van der Waals surface area (Å²) in [5, 5.41) is 5.35. The zero-order valence-corrected chi connectivity index (χ0v) is 8.56. The summed E-state index contributed by atoms with van der Waals surface area (Å²) >= 11 is 0. The molecule has 2 heterocycles. The van der Waals surface area contributed by atoms with Crippen LogP contribution in [0.25, 0.3) is 0 Å². The molecule has 2 amide bonds. The van der Waals surface area contributed by atoms with Crippen molar-refractivity contribution in [3.8, 4) is 0 Å². The molecule has 1 atom stereocenters. The van der Waals surface area contributed by atoms with Crippen molar-refractivity contribution in [2.45, 2.75) is 12.5 Å². The Morgan fingerprint density at radius 3 is 3.06 bits per heavy atom. The molecule has 1 saturated heterocycles. The Balaban J connectivity index is 2.00. The van der Waals surface area contributed by atoms with Gasteiger partial charge in [-0.2, -0.15) is 0 Å². The van der Waals surface area contributed by atoms with Gasteiger partial charge in [0.1, 0.15) is 5.69 Å². The lowest BCUT2D eigenvalue weighted by Gasteiger charge is -2.09. The lowest BCUT2D eigenvalue weighted by atomic mass is 10.2. The Kier molecular flexibility index (Phi) is 2.72. The molecule has 6 heteroatoms. The smallest absolute Gasteiger partial charge is 0.270 e. The van der Waals surface area contributed by atoms with E-state index in [4.69, 9.17) is 5.73 Å². The third-order valence-electron chi connectivity index (χ3n) is 2.33. The second kappa shape index (κ2) is 4.18. The number of hydrogen-bond acceptors (Lipinski definition) is 4. The fourth-order valence-corrected chi connectivity index (χ4v) is 1.54. The molecule has 1 aliphatic rings. The maximum atomic E-state index is 11.7. The van der Waals surface area contributed by atoms with E-state index in [0.717, 1.165) is 0 Å². The monoisotopic (exact) mass is 220 g/mol. The van der Waals surface area contributed by atoms with Crippen LogP contribution in [0.4, 0.5) is 5.69 Å². The van der Waals surface area contributed by atoms with E-state index >= 15 is 0 Å². The highest BCUT2D eigenvalue weighted by molar-refractivity contribution is 5.93. The van der Waals surface area contributed by atoms with Gasteiger partial charge in [0.05, 0.1) is 6.04 Å². The number of aromatic nitrogens is 1. The van der Waals surface area contributed by atoms with Gasteiger partial charge in [-0.25, -0.2) is 0 Å². The highest BCUT2D eigenvalue weighted by Crippen LogP contribution is 2.05. The Morgan fingerprint density at radius 1 is 1.62 bits per heavy atom. The normalized spacial score (nSPS) is 19.2. The molecule has 0 aliphatic carbocycles. The lowest BCUT2D eigenvalue weighted by molar-refractivity contribution is -0.119. The Bertz CT molecular complexity index is 433. The van der Waals surface area contributed by atoms with Crippen LogP contribution in [-0.4, -0.2) is 29.4 Å². The minimum absolute atomic E-state index is 0.0502. The number of nitrogens with one attached hydrogen (secondary N) is 2. The van der Waals surface area contributed by atoms with Gasteiger partial charge >= 0.3 is 0 Å². The van der Waals surface area contributed by atoms with Crippen molar-refractivity contribution in [3.63, 3.8) is 0 Å². The topological polar surface area (TPSA) is 97.1 Å². The zero-order valence-electron chi connectivity index (χ0n) is 8.56. The lowest BCUT2D eigenvalue weighted by Crippen LogP contribution is -2.36. The number of carbonyl (C=O) groups is 2. The predicted octanol–water partition coefficient (Wildman–Crippen LogP) is -0.718. The van der Waals surface area contributed by atoms with Gasteiger partial charge in [-0.3, -0.25) is 14.6 Å². The number of hydrogen-bond donors (Lipinski definition) is 3. The third kappa shape index (κ3) is 2.28. The molecule has 1 unspecified atom stereocenters. The van der Waals surface area contributed by atoms with E-state index in [-0.39, 0.29) is 23.6 Å². The van der Waals surface area contributed by atoms with Crippen molar-refractivity contribution in [3.05, 3.63) is 24.0 Å². The van der Waals surface area contributed by atoms with Crippen LogP contribution >= 0.6 is 0 Å². The number of pyridine rings is 1. The molecule has 6 nitrogen and oxygen atoms in total. The standard InChI is InChI=1S/C10H12N4O2/c11-6-1-2-12-8(3-6)10(16)14-7-4-9(15)13-5-7/h1-3,7H,4-5H2,(H2,11,12)(H,13,15)(H,14,16). The van der Waals surface area contributed by atoms with Gasteiger partial charge in [-0.1, -0.05) is 0 Å². The van der Waals surface area contributed by atoms with E-state index in [2.05, 4.69) is 15.6 Å². The summed E-state index contributed by atoms with van der Waals surface area (Å²) in [5.41, 5.74) is 6.29. The summed E-state index contributed by atoms with van der Waals surface area (Å²) in [4.78, 5) is 26.5. The first-order chi connectivity index (χ1) is 7.65. The second-order valence-electron chi connectivity index (χ2n) is 3.65. The van der Waals surface area contributed by atoms with E-state index in [0.29, 0.717) is 18.7 Å². The number of nitrogen functional groups attached to an aromatic ring is 1. The van der Waals surface area contributed by atoms with E-state index < -0.39 is 0 Å². The van der Waals surface area contributed by atoms with Crippen molar-refractivity contribution in [2.75, 3.05) is 12.3 Å². The summed E-state index contributed by atoms with van der Waals surface area (Å²) in [6.07, 6.45) is 1.79. The largest absolute Gasteiger partial charge is 0.399 e. The highest BCUT2D eigenvalue weighted by Gasteiger charge is 2.23. The van der Waals surface area contributed by atoms with Gasteiger partial charge < -0.3 is 16.4 Å². The first-order valence-corrected chi connectivity index (χ1v) is 4.94. The Hall–Kier alpha value is -2.11. The van der Waals surface area contributed by atoms with E-state index in [1.165, 1.54) is 12.3 Å². The average molecular weight is 220 g/mol. The molecule has 0 spiro atoms. The molecule has 1 aromatic rings. The molecule has 0 aromatic carbocycles. The van der Waals surface area contributed by atoms with Gasteiger partial charge in [0.2, 0.25) is 5.91 Å². The van der Waals surface area contributed by atoms with Crippen molar-refractivity contribution < 1.29 is 9.59 Å². The number of nitrogens with two attached hydrogens (primary N) is 1. The van der Waals surface area contributed by atoms with Crippen LogP contribution in [0.1, 0.15) is 16.9 Å². The van der Waals surface area contributed by atoms with Gasteiger partial charge in [0.15, 0.2) is 0 Å². The predicted molar refractivity (Wildman–Crippen MR) is 57.5 cm³/mol. The SMILES string of the molecule is Nc1ccnc(C(=O)NC2CNC(=O)C2)c1. The molecule has 84 valence electrons. The summed E-state index contributed by atoms with van der Waals surface area (Å²) in [6, 6.07) is 2.94. The maximum Gasteiger partial charge on any atom is 0.270 e. The van der Waals surface area contributed by atoms with Gasteiger partial charge in [0, 0.05) is 24.8 Å². The molecule has 16 heavy (non-hydrogen) atoms. The Morgan fingerprint density at radius 2 is 2.44 bits per heavy atom. The number of anilines is 1. The van der Waals surface area contributed by atoms with Crippen LogP contribution in [0.15, 0.2) is 18.3 Å². The maximum absolute atomic E-state index is 11.7. The van der Waals surface area contributed by atoms with Gasteiger partial charge in [0.25, 0.3) is 5.91 Å². The van der Waals surface area contributed by atoms with Crippen LogP contribution in [0, 0.1) is 0 Å². The zero-order chi connectivity index (χ0) is 11.5. The Labute approximate surface area is 92.2 Å². The molecular formula is C10H12N4O2. The van der Waals surface area contributed by atoms with Crippen LogP contribution in [0.3, 0.4) is 0 Å². The number of nitrogens with zero attached hydrogens (tertiary/aromatic N) is 1. The highest BCUT2D eigenvalue weighted by atomic mass is 16.2. The fourth-order valence-electron chi connectivity index (χ4n) is 1.54. The molecule has 0 radical (unpaired) electrons. The van der Waals surface area contributed by atoms with Gasteiger partial charge in [-0.15, -0.1) is 0 Å². The number of amides is 2. The molecule has 1 aliphatic heterocycles. The van der Waals surface area contributed by atoms with Crippen LogP contribution < -0.4 is 16.4 Å². The van der Waals surface area contributed by atoms with Gasteiger partial charge in [-0.05, 0) is 12.1 Å². The van der Waals surface area contributed by atoms with Crippen molar-refractivity contribution in [1.82, 2.24) is 15.6 Å². The minimum Gasteiger partial charge on any atom is -0.399 e. The third-order valence-corrected chi connectivity index (χ3v) is 2.33. The van der Waals surface area contributed by atoms with Crippen LogP contribution in [0.5, 0.6) is 0 Å². The quantitative estimate of drug-likeness (QED) is 0.612.